The van der Waals surface area contributed by atoms with E-state index in [1.807, 2.05) is 4.90 Å². The van der Waals surface area contributed by atoms with Crippen LogP contribution in [0.3, 0.4) is 0 Å². The van der Waals surface area contributed by atoms with Crippen molar-refractivity contribution < 1.29 is 13.2 Å². The van der Waals surface area contributed by atoms with Crippen LogP contribution in [-0.4, -0.2) is 61.5 Å². The van der Waals surface area contributed by atoms with E-state index in [-0.39, 0.29) is 42.1 Å². The van der Waals surface area contributed by atoms with Gasteiger partial charge in [0.1, 0.15) is 0 Å². The molecule has 2 aliphatic carbocycles. The molecule has 3 fully saturated rings. The van der Waals surface area contributed by atoms with Crippen LogP contribution in [0.1, 0.15) is 39.0 Å². The number of likely N-dealkylation sites (tertiary alicyclic amines) is 1. The van der Waals surface area contributed by atoms with Gasteiger partial charge >= 0.3 is 0 Å². The quantitative estimate of drug-likeness (QED) is 0.791. The summed E-state index contributed by atoms with van der Waals surface area (Å²) in [6.45, 7) is 2.96. The van der Waals surface area contributed by atoms with Crippen molar-refractivity contribution in [3.05, 3.63) is 0 Å². The number of piperidine rings is 1. The third-order valence-electron chi connectivity index (χ3n) is 6.36. The summed E-state index contributed by atoms with van der Waals surface area (Å²) in [7, 11) is -1.50. The first kappa shape index (κ1) is 19.9. The van der Waals surface area contributed by atoms with Gasteiger partial charge in [-0.1, -0.05) is 0 Å². The molecule has 6 nitrogen and oxygen atoms in total. The van der Waals surface area contributed by atoms with Crippen LogP contribution in [0.2, 0.25) is 0 Å². The summed E-state index contributed by atoms with van der Waals surface area (Å²) in [5.41, 5.74) is 6.29. The van der Waals surface area contributed by atoms with E-state index in [0.717, 1.165) is 25.7 Å². The Balaban J connectivity index is 0.00000208. The normalized spacial score (nSPS) is 33.8. The second-order valence-electron chi connectivity index (χ2n) is 7.41. The summed E-state index contributed by atoms with van der Waals surface area (Å²) in [5, 5.41) is 0. The Hall–Kier alpha value is -0.370. The first-order chi connectivity index (χ1) is 10.8. The number of hydrogen-bond acceptors (Lipinski definition) is 4. The first-order valence-corrected chi connectivity index (χ1v) is 10.5. The Morgan fingerprint density at radius 1 is 1.17 bits per heavy atom. The lowest BCUT2D eigenvalue weighted by Crippen LogP contribution is -2.52. The fraction of sp³-hybridized carbons (Fsp3) is 0.938. The van der Waals surface area contributed by atoms with Crippen molar-refractivity contribution >= 4 is 28.3 Å². The predicted molar refractivity (Wildman–Crippen MR) is 96.4 cm³/mol. The Morgan fingerprint density at radius 2 is 1.75 bits per heavy atom. The highest BCUT2D eigenvalue weighted by molar-refractivity contribution is 7.89. The van der Waals surface area contributed by atoms with Crippen molar-refractivity contribution in [1.29, 1.82) is 0 Å². The molecule has 2 N–H and O–H groups in total. The molecule has 4 unspecified atom stereocenters. The lowest BCUT2D eigenvalue weighted by Gasteiger charge is -2.39. The Morgan fingerprint density at radius 3 is 2.25 bits per heavy atom. The zero-order valence-corrected chi connectivity index (χ0v) is 16.2. The van der Waals surface area contributed by atoms with Crippen LogP contribution in [0.5, 0.6) is 0 Å². The number of carbonyl (C=O) groups is 1. The molecule has 3 rings (SSSR count). The lowest BCUT2D eigenvalue weighted by molar-refractivity contribution is -0.139. The summed E-state index contributed by atoms with van der Waals surface area (Å²) >= 11 is 0. The number of hydrogen-bond donors (Lipinski definition) is 1. The molecule has 24 heavy (non-hydrogen) atoms. The first-order valence-electron chi connectivity index (χ1n) is 8.85. The molecule has 4 atom stereocenters. The second kappa shape index (κ2) is 7.48. The maximum absolute atomic E-state index is 12.8. The number of sulfonamides is 1. The van der Waals surface area contributed by atoms with Crippen LogP contribution in [0.15, 0.2) is 0 Å². The molecule has 3 aliphatic rings. The van der Waals surface area contributed by atoms with Gasteiger partial charge in [-0.3, -0.25) is 4.79 Å². The lowest BCUT2D eigenvalue weighted by atomic mass is 9.83. The largest absolute Gasteiger partial charge is 0.342 e. The minimum Gasteiger partial charge on any atom is -0.342 e. The molecule has 1 saturated heterocycles. The van der Waals surface area contributed by atoms with Crippen molar-refractivity contribution in [2.24, 2.45) is 23.5 Å². The number of nitrogens with zero attached hydrogens (tertiary/aromatic N) is 2. The van der Waals surface area contributed by atoms with Gasteiger partial charge in [0, 0.05) is 32.2 Å². The van der Waals surface area contributed by atoms with Crippen molar-refractivity contribution in [2.75, 3.05) is 25.9 Å². The van der Waals surface area contributed by atoms with Gasteiger partial charge in [0.05, 0.1) is 11.7 Å². The molecule has 1 heterocycles. The highest BCUT2D eigenvalue weighted by atomic mass is 35.5. The zero-order chi connectivity index (χ0) is 16.8. The molecule has 1 aliphatic heterocycles. The van der Waals surface area contributed by atoms with E-state index >= 15 is 0 Å². The van der Waals surface area contributed by atoms with Crippen LogP contribution in [0.4, 0.5) is 0 Å². The van der Waals surface area contributed by atoms with Gasteiger partial charge in [-0.2, -0.15) is 0 Å². The number of fused-ring (bicyclic) bond motifs is 2. The van der Waals surface area contributed by atoms with E-state index in [4.69, 9.17) is 5.73 Å². The zero-order valence-electron chi connectivity index (χ0n) is 14.6. The smallest absolute Gasteiger partial charge is 0.227 e. The van der Waals surface area contributed by atoms with Gasteiger partial charge in [0.15, 0.2) is 0 Å². The van der Waals surface area contributed by atoms with Gasteiger partial charge in [-0.25, -0.2) is 12.7 Å². The highest BCUT2D eigenvalue weighted by Crippen LogP contribution is 2.48. The van der Waals surface area contributed by atoms with Crippen LogP contribution >= 0.6 is 12.4 Å². The number of carbonyl (C=O) groups excluding carboxylic acids is 1. The molecular formula is C16H30ClN3O3S. The van der Waals surface area contributed by atoms with Gasteiger partial charge < -0.3 is 10.6 Å². The number of amides is 1. The average molecular weight is 380 g/mol. The molecule has 140 valence electrons. The minimum atomic E-state index is -3.16. The van der Waals surface area contributed by atoms with Crippen LogP contribution < -0.4 is 5.73 Å². The fourth-order valence-electron chi connectivity index (χ4n) is 4.79. The standard InChI is InChI=1S/C16H29N3O3S.ClH/c1-3-23(21,22)18(2)13-6-8-19(9-7-13)16(20)14-11-4-5-12(10-11)15(14)17;/h11-15H,3-10,17H2,1-2H3;1H. The summed E-state index contributed by atoms with van der Waals surface area (Å²) in [5.74, 6) is 1.35. The topological polar surface area (TPSA) is 83.7 Å². The molecule has 0 aromatic rings. The predicted octanol–water partition coefficient (Wildman–Crippen LogP) is 1.05. The molecule has 0 spiro atoms. The van der Waals surface area contributed by atoms with E-state index in [1.165, 1.54) is 10.7 Å². The summed E-state index contributed by atoms with van der Waals surface area (Å²) in [6.07, 6.45) is 4.88. The maximum atomic E-state index is 12.8. The third-order valence-corrected chi connectivity index (χ3v) is 8.27. The SMILES string of the molecule is CCS(=O)(=O)N(C)C1CCN(C(=O)C2C3CCC(C3)C2N)CC1.Cl. The fourth-order valence-corrected chi connectivity index (χ4v) is 5.87. The monoisotopic (exact) mass is 379 g/mol. The Bertz CT molecular complexity index is 561. The maximum Gasteiger partial charge on any atom is 0.227 e. The minimum absolute atomic E-state index is 0. The summed E-state index contributed by atoms with van der Waals surface area (Å²) < 4.78 is 25.5. The van der Waals surface area contributed by atoms with Crippen molar-refractivity contribution in [3.8, 4) is 0 Å². The molecule has 0 aromatic heterocycles. The molecule has 1 amide bonds. The molecule has 2 saturated carbocycles. The Kier molecular flexibility index (Phi) is 6.21. The van der Waals surface area contributed by atoms with Crippen LogP contribution in [0, 0.1) is 17.8 Å². The number of nitrogens with two attached hydrogens (primary N) is 1. The van der Waals surface area contributed by atoms with Crippen LogP contribution in [0.25, 0.3) is 0 Å². The second-order valence-corrected chi connectivity index (χ2v) is 9.73. The van der Waals surface area contributed by atoms with E-state index in [0.29, 0.717) is 24.9 Å². The highest BCUT2D eigenvalue weighted by Gasteiger charge is 2.50. The van der Waals surface area contributed by atoms with Gasteiger partial charge in [-0.05, 0) is 50.9 Å². The molecule has 0 radical (unpaired) electrons. The van der Waals surface area contributed by atoms with Gasteiger partial charge in [0.2, 0.25) is 15.9 Å². The van der Waals surface area contributed by atoms with E-state index < -0.39 is 10.0 Å². The summed E-state index contributed by atoms with van der Waals surface area (Å²) in [4.78, 5) is 14.8. The van der Waals surface area contributed by atoms with Crippen LogP contribution in [-0.2, 0) is 14.8 Å². The molecular weight excluding hydrogens is 350 g/mol. The summed E-state index contributed by atoms with van der Waals surface area (Å²) in [6, 6.07) is 0.0415. The number of rotatable bonds is 4. The average Bonchev–Trinajstić information content (AvgIpc) is 3.14. The van der Waals surface area contributed by atoms with Crippen molar-refractivity contribution in [1.82, 2.24) is 9.21 Å². The van der Waals surface area contributed by atoms with Gasteiger partial charge in [-0.15, -0.1) is 12.4 Å². The number of halogens is 1. The molecule has 2 bridgehead atoms. The van der Waals surface area contributed by atoms with Crippen molar-refractivity contribution in [3.63, 3.8) is 0 Å². The van der Waals surface area contributed by atoms with E-state index in [1.54, 1.807) is 14.0 Å². The van der Waals surface area contributed by atoms with E-state index in [9.17, 15) is 13.2 Å². The third kappa shape index (κ3) is 3.45. The van der Waals surface area contributed by atoms with Crippen molar-refractivity contribution in [2.45, 2.75) is 51.1 Å². The molecule has 0 aromatic carbocycles. The molecule has 8 heteroatoms. The Labute approximate surface area is 151 Å². The van der Waals surface area contributed by atoms with Gasteiger partial charge in [0.25, 0.3) is 0 Å². The van der Waals surface area contributed by atoms with E-state index in [2.05, 4.69) is 0 Å².